The number of hydrogen-bond acceptors (Lipinski definition) is 2. The number of nitrogens with one attached hydrogen (secondary N) is 1. The first-order valence-corrected chi connectivity index (χ1v) is 5.44. The van der Waals surface area contributed by atoms with Gasteiger partial charge in [0.1, 0.15) is 5.78 Å². The van der Waals surface area contributed by atoms with Crippen molar-refractivity contribution in [2.75, 3.05) is 5.32 Å². The summed E-state index contributed by atoms with van der Waals surface area (Å²) in [4.78, 5) is 11.5. The molecule has 2 heteroatoms. The Morgan fingerprint density at radius 2 is 1.81 bits per heavy atom. The van der Waals surface area contributed by atoms with Crippen LogP contribution in [0.5, 0.6) is 0 Å². The number of Topliss-reactive ketones (excluding diaryl/α,β-unsaturated/α-hetero) is 1. The van der Waals surface area contributed by atoms with E-state index in [0.29, 0.717) is 0 Å². The lowest BCUT2D eigenvalue weighted by Crippen LogP contribution is -2.31. The van der Waals surface area contributed by atoms with Gasteiger partial charge in [-0.3, -0.25) is 4.79 Å². The molecule has 1 aromatic carbocycles. The molecule has 82 valence electrons. The molecule has 0 spiro atoms. The molecule has 0 aromatic heterocycles. The smallest absolute Gasteiger partial charge is 0.139 e. The summed E-state index contributed by atoms with van der Waals surface area (Å²) < 4.78 is 0. The molecule has 16 heavy (non-hydrogen) atoms. The number of ketones is 1. The summed E-state index contributed by atoms with van der Waals surface area (Å²) in [5.74, 6) is 0.124. The van der Waals surface area contributed by atoms with E-state index < -0.39 is 0 Å². The van der Waals surface area contributed by atoms with Gasteiger partial charge in [-0.2, -0.15) is 0 Å². The normalized spacial score (nSPS) is 23.1. The highest BCUT2D eigenvalue weighted by Gasteiger charge is 2.22. The van der Waals surface area contributed by atoms with Gasteiger partial charge in [-0.05, 0) is 19.1 Å². The van der Waals surface area contributed by atoms with Crippen molar-refractivity contribution >= 4 is 11.5 Å². The van der Waals surface area contributed by atoms with Crippen LogP contribution in [0.4, 0.5) is 5.69 Å². The molecule has 1 aliphatic rings. The molecule has 2 nitrogen and oxygen atoms in total. The van der Waals surface area contributed by atoms with E-state index in [4.69, 9.17) is 0 Å². The molecule has 1 N–H and O–H groups in total. The molecule has 0 saturated heterocycles. The number of rotatable bonds is 3. The molecule has 1 aromatic rings. The summed E-state index contributed by atoms with van der Waals surface area (Å²) in [6.45, 7) is 1.63. The summed E-state index contributed by atoms with van der Waals surface area (Å²) >= 11 is 0. The highest BCUT2D eigenvalue weighted by atomic mass is 16.1. The standard InChI is InChI=1S/C14H15NO/c1-11(16)13-9-5-6-10-14(13)15-12-7-3-2-4-8-12/h2-10,13-15H,1H3. The van der Waals surface area contributed by atoms with E-state index in [0.717, 1.165) is 5.69 Å². The first-order valence-electron chi connectivity index (χ1n) is 5.44. The second-order valence-corrected chi connectivity index (χ2v) is 3.94. The summed E-state index contributed by atoms with van der Waals surface area (Å²) in [6.07, 6.45) is 7.87. The number of carbonyl (C=O) groups excluding carboxylic acids is 1. The zero-order valence-corrected chi connectivity index (χ0v) is 9.26. The summed E-state index contributed by atoms with van der Waals surface area (Å²) in [6, 6.07) is 10.0. The van der Waals surface area contributed by atoms with Crippen molar-refractivity contribution < 1.29 is 4.79 Å². The topological polar surface area (TPSA) is 29.1 Å². The van der Waals surface area contributed by atoms with Crippen molar-refractivity contribution in [1.29, 1.82) is 0 Å². The molecule has 2 rings (SSSR count). The van der Waals surface area contributed by atoms with Gasteiger partial charge in [0.05, 0.1) is 12.0 Å². The van der Waals surface area contributed by atoms with E-state index in [2.05, 4.69) is 5.32 Å². The van der Waals surface area contributed by atoms with E-state index in [1.165, 1.54) is 0 Å². The third kappa shape index (κ3) is 2.40. The molecule has 0 bridgehead atoms. The average molecular weight is 213 g/mol. The Morgan fingerprint density at radius 1 is 1.12 bits per heavy atom. The van der Waals surface area contributed by atoms with E-state index in [-0.39, 0.29) is 17.7 Å². The monoisotopic (exact) mass is 213 g/mol. The lowest BCUT2D eigenvalue weighted by molar-refractivity contribution is -0.119. The predicted molar refractivity (Wildman–Crippen MR) is 66.3 cm³/mol. The van der Waals surface area contributed by atoms with Crippen LogP contribution in [-0.4, -0.2) is 11.8 Å². The van der Waals surface area contributed by atoms with Crippen LogP contribution in [0.1, 0.15) is 6.92 Å². The maximum Gasteiger partial charge on any atom is 0.139 e. The van der Waals surface area contributed by atoms with Crippen molar-refractivity contribution in [1.82, 2.24) is 0 Å². The van der Waals surface area contributed by atoms with Gasteiger partial charge < -0.3 is 5.32 Å². The molecule has 0 heterocycles. The SMILES string of the molecule is CC(=O)C1C=CC=CC1Nc1ccccc1. The van der Waals surface area contributed by atoms with Crippen LogP contribution in [0.15, 0.2) is 54.6 Å². The Morgan fingerprint density at radius 3 is 2.50 bits per heavy atom. The van der Waals surface area contributed by atoms with E-state index in [1.807, 2.05) is 54.6 Å². The lowest BCUT2D eigenvalue weighted by Gasteiger charge is -2.24. The van der Waals surface area contributed by atoms with Crippen LogP contribution in [0, 0.1) is 5.92 Å². The molecule has 1 aliphatic carbocycles. The molecule has 0 radical (unpaired) electrons. The van der Waals surface area contributed by atoms with Crippen LogP contribution in [0.25, 0.3) is 0 Å². The number of anilines is 1. The van der Waals surface area contributed by atoms with E-state index >= 15 is 0 Å². The van der Waals surface area contributed by atoms with Crippen LogP contribution in [0.3, 0.4) is 0 Å². The van der Waals surface area contributed by atoms with Crippen LogP contribution in [0.2, 0.25) is 0 Å². The largest absolute Gasteiger partial charge is 0.378 e. The predicted octanol–water partition coefficient (Wildman–Crippen LogP) is 2.80. The summed E-state index contributed by atoms with van der Waals surface area (Å²) in [7, 11) is 0. The first kappa shape index (κ1) is 10.7. The van der Waals surface area contributed by atoms with Gasteiger partial charge in [0, 0.05) is 5.69 Å². The molecule has 2 unspecified atom stereocenters. The Labute approximate surface area is 95.7 Å². The quantitative estimate of drug-likeness (QED) is 0.836. The molecule has 2 atom stereocenters. The van der Waals surface area contributed by atoms with E-state index in [1.54, 1.807) is 6.92 Å². The van der Waals surface area contributed by atoms with Crippen molar-refractivity contribution in [3.05, 3.63) is 54.6 Å². The van der Waals surface area contributed by atoms with Gasteiger partial charge in [0.15, 0.2) is 0 Å². The highest BCUT2D eigenvalue weighted by Crippen LogP contribution is 2.18. The van der Waals surface area contributed by atoms with Gasteiger partial charge >= 0.3 is 0 Å². The van der Waals surface area contributed by atoms with Crippen molar-refractivity contribution in [3.63, 3.8) is 0 Å². The Kier molecular flexibility index (Phi) is 3.20. The minimum absolute atomic E-state index is 0.0601. The molecule has 0 amide bonds. The number of benzene rings is 1. The van der Waals surface area contributed by atoms with Crippen LogP contribution >= 0.6 is 0 Å². The average Bonchev–Trinajstić information content (AvgIpc) is 2.31. The molecule has 0 saturated carbocycles. The molecule has 0 fully saturated rings. The highest BCUT2D eigenvalue weighted by molar-refractivity contribution is 5.82. The second-order valence-electron chi connectivity index (χ2n) is 3.94. The Bertz CT molecular complexity index is 420. The zero-order valence-electron chi connectivity index (χ0n) is 9.26. The number of carbonyl (C=O) groups is 1. The molecular formula is C14H15NO. The van der Waals surface area contributed by atoms with Gasteiger partial charge in [-0.25, -0.2) is 0 Å². The Balaban J connectivity index is 2.12. The van der Waals surface area contributed by atoms with Gasteiger partial charge in [-0.1, -0.05) is 42.5 Å². The summed E-state index contributed by atoms with van der Waals surface area (Å²) in [5, 5.41) is 3.35. The van der Waals surface area contributed by atoms with Crippen LogP contribution < -0.4 is 5.32 Å². The number of para-hydroxylation sites is 1. The minimum Gasteiger partial charge on any atom is -0.378 e. The second kappa shape index (κ2) is 4.79. The van der Waals surface area contributed by atoms with E-state index in [9.17, 15) is 4.79 Å². The van der Waals surface area contributed by atoms with Gasteiger partial charge in [0.25, 0.3) is 0 Å². The van der Waals surface area contributed by atoms with Crippen LogP contribution in [-0.2, 0) is 4.79 Å². The van der Waals surface area contributed by atoms with Gasteiger partial charge in [-0.15, -0.1) is 0 Å². The molecular weight excluding hydrogens is 198 g/mol. The zero-order chi connectivity index (χ0) is 11.4. The fraction of sp³-hybridized carbons (Fsp3) is 0.214. The van der Waals surface area contributed by atoms with Gasteiger partial charge in [0.2, 0.25) is 0 Å². The van der Waals surface area contributed by atoms with Crippen molar-refractivity contribution in [2.45, 2.75) is 13.0 Å². The maximum atomic E-state index is 11.5. The Hall–Kier alpha value is -1.83. The maximum absolute atomic E-state index is 11.5. The van der Waals surface area contributed by atoms with Crippen molar-refractivity contribution in [3.8, 4) is 0 Å². The molecule has 0 aliphatic heterocycles. The lowest BCUT2D eigenvalue weighted by atomic mass is 9.91. The fourth-order valence-corrected chi connectivity index (χ4v) is 1.86. The number of allylic oxidation sites excluding steroid dienone is 2. The number of hydrogen-bond donors (Lipinski definition) is 1. The summed E-state index contributed by atoms with van der Waals surface area (Å²) in [5.41, 5.74) is 1.04. The minimum atomic E-state index is -0.0646. The van der Waals surface area contributed by atoms with Crippen molar-refractivity contribution in [2.24, 2.45) is 5.92 Å². The fourth-order valence-electron chi connectivity index (χ4n) is 1.86. The first-order chi connectivity index (χ1) is 7.77. The third-order valence-electron chi connectivity index (χ3n) is 2.71. The third-order valence-corrected chi connectivity index (χ3v) is 2.71.